The molecule has 1 saturated heterocycles. The first-order valence-electron chi connectivity index (χ1n) is 12.0. The molecule has 1 aromatic heterocycles. The second kappa shape index (κ2) is 11.0. The van der Waals surface area contributed by atoms with Crippen molar-refractivity contribution < 1.29 is 4.79 Å². The van der Waals surface area contributed by atoms with Crippen molar-refractivity contribution in [2.75, 3.05) is 13.1 Å². The molecule has 178 valence electrons. The maximum atomic E-state index is 13.1. The molecule has 1 fully saturated rings. The van der Waals surface area contributed by atoms with E-state index >= 15 is 0 Å². The van der Waals surface area contributed by atoms with Crippen molar-refractivity contribution in [2.45, 2.75) is 49.9 Å². The molecule has 0 radical (unpaired) electrons. The van der Waals surface area contributed by atoms with E-state index in [0.717, 1.165) is 43.6 Å². The Morgan fingerprint density at radius 1 is 1.03 bits per heavy atom. The molecule has 0 bridgehead atoms. The van der Waals surface area contributed by atoms with Crippen LogP contribution in [-0.4, -0.2) is 38.7 Å². The van der Waals surface area contributed by atoms with Gasteiger partial charge in [-0.05, 0) is 50.2 Å². The van der Waals surface area contributed by atoms with Crippen LogP contribution in [0.3, 0.4) is 0 Å². The monoisotopic (exact) mass is 475 g/mol. The molecule has 1 atom stereocenters. The molecule has 3 aromatic rings. The Balaban J connectivity index is 1.37. The summed E-state index contributed by atoms with van der Waals surface area (Å²) >= 11 is 1.38. The van der Waals surface area contributed by atoms with E-state index in [2.05, 4.69) is 24.3 Å². The number of hydrogen-bond acceptors (Lipinski definition) is 4. The fourth-order valence-corrected chi connectivity index (χ4v) is 5.61. The molecule has 6 heteroatoms. The number of piperidine rings is 1. The van der Waals surface area contributed by atoms with Crippen molar-refractivity contribution in [3.8, 4) is 0 Å². The number of rotatable bonds is 7. The molecule has 0 aliphatic carbocycles. The molecule has 1 unspecified atom stereocenters. The summed E-state index contributed by atoms with van der Waals surface area (Å²) in [5, 5.41) is 0.308. The van der Waals surface area contributed by atoms with Crippen molar-refractivity contribution >= 4 is 17.7 Å². The van der Waals surface area contributed by atoms with Gasteiger partial charge in [-0.3, -0.25) is 14.2 Å². The highest BCUT2D eigenvalue weighted by atomic mass is 32.2. The normalized spacial score (nSPS) is 15.3. The fourth-order valence-electron chi connectivity index (χ4n) is 4.61. The second-order valence-electron chi connectivity index (χ2n) is 9.20. The summed E-state index contributed by atoms with van der Waals surface area (Å²) in [5.41, 5.74) is 3.85. The summed E-state index contributed by atoms with van der Waals surface area (Å²) in [4.78, 5) is 32.9. The highest BCUT2D eigenvalue weighted by Gasteiger charge is 2.28. The zero-order valence-electron chi connectivity index (χ0n) is 20.2. The van der Waals surface area contributed by atoms with Crippen LogP contribution in [0, 0.1) is 12.8 Å². The van der Waals surface area contributed by atoms with E-state index < -0.39 is 0 Å². The third kappa shape index (κ3) is 5.79. The molecular weight excluding hydrogens is 442 g/mol. The molecule has 4 rings (SSSR count). The van der Waals surface area contributed by atoms with Gasteiger partial charge in [0, 0.05) is 37.8 Å². The van der Waals surface area contributed by atoms with Crippen LogP contribution in [0.5, 0.6) is 0 Å². The number of amides is 1. The van der Waals surface area contributed by atoms with Crippen molar-refractivity contribution in [2.24, 2.45) is 13.0 Å². The Morgan fingerprint density at radius 3 is 2.24 bits per heavy atom. The van der Waals surface area contributed by atoms with Crippen LogP contribution >= 0.6 is 11.8 Å². The molecule has 34 heavy (non-hydrogen) atoms. The smallest absolute Gasteiger partial charge is 0.257 e. The lowest BCUT2D eigenvalue weighted by atomic mass is 9.90. The molecule has 1 amide bonds. The average Bonchev–Trinajstić information content (AvgIpc) is 2.86. The number of hydrogen-bond donors (Lipinski definition) is 0. The predicted octanol–water partition coefficient (Wildman–Crippen LogP) is 4.64. The maximum Gasteiger partial charge on any atom is 0.257 e. The first kappa shape index (κ1) is 24.3. The van der Waals surface area contributed by atoms with Crippen LogP contribution < -0.4 is 5.56 Å². The first-order valence-corrected chi connectivity index (χ1v) is 12.9. The Hall–Kier alpha value is -2.86. The van der Waals surface area contributed by atoms with Crippen LogP contribution in [0.4, 0.5) is 0 Å². The second-order valence-corrected chi connectivity index (χ2v) is 10.5. The van der Waals surface area contributed by atoms with E-state index in [1.807, 2.05) is 55.1 Å². The summed E-state index contributed by atoms with van der Waals surface area (Å²) in [6.45, 7) is 5.39. The van der Waals surface area contributed by atoms with Gasteiger partial charge in [0.05, 0.1) is 5.25 Å². The Bertz CT molecular complexity index is 1170. The lowest BCUT2D eigenvalue weighted by Crippen LogP contribution is -2.42. The summed E-state index contributed by atoms with van der Waals surface area (Å²) < 4.78 is 1.59. The third-order valence-electron chi connectivity index (χ3n) is 6.70. The van der Waals surface area contributed by atoms with Gasteiger partial charge in [0.1, 0.15) is 0 Å². The van der Waals surface area contributed by atoms with Crippen LogP contribution in [-0.2, 0) is 24.7 Å². The van der Waals surface area contributed by atoms with Crippen LogP contribution in [0.15, 0.2) is 70.6 Å². The highest BCUT2D eigenvalue weighted by molar-refractivity contribution is 8.00. The van der Waals surface area contributed by atoms with E-state index in [9.17, 15) is 9.59 Å². The quantitative estimate of drug-likeness (QED) is 0.369. The summed E-state index contributed by atoms with van der Waals surface area (Å²) in [5.74, 6) is 0.750. The predicted molar refractivity (Wildman–Crippen MR) is 138 cm³/mol. The fraction of sp³-hybridized carbons (Fsp3) is 0.393. The number of carbonyl (C=O) groups is 1. The number of aromatic nitrogens is 2. The average molecular weight is 476 g/mol. The van der Waals surface area contributed by atoms with E-state index in [1.165, 1.54) is 17.3 Å². The van der Waals surface area contributed by atoms with Gasteiger partial charge in [-0.1, -0.05) is 72.4 Å². The van der Waals surface area contributed by atoms with Gasteiger partial charge < -0.3 is 4.90 Å². The number of carbonyl (C=O) groups excluding carboxylic acids is 1. The van der Waals surface area contributed by atoms with Gasteiger partial charge in [0.2, 0.25) is 5.91 Å². The number of nitrogens with zero attached hydrogens (tertiary/aromatic N) is 3. The van der Waals surface area contributed by atoms with E-state index in [0.29, 0.717) is 23.1 Å². The Labute approximate surface area is 206 Å². The van der Waals surface area contributed by atoms with Crippen LogP contribution in [0.25, 0.3) is 0 Å². The lowest BCUT2D eigenvalue weighted by Gasteiger charge is -2.33. The highest BCUT2D eigenvalue weighted by Crippen LogP contribution is 2.26. The minimum absolute atomic E-state index is 0.0415. The minimum Gasteiger partial charge on any atom is -0.342 e. The molecule has 0 N–H and O–H groups in total. The zero-order chi connectivity index (χ0) is 24.1. The minimum atomic E-state index is -0.289. The lowest BCUT2D eigenvalue weighted by molar-refractivity contribution is -0.131. The molecule has 5 nitrogen and oxygen atoms in total. The molecule has 0 spiro atoms. The van der Waals surface area contributed by atoms with E-state index in [-0.39, 0.29) is 16.7 Å². The Morgan fingerprint density at radius 2 is 1.62 bits per heavy atom. The molecule has 0 saturated carbocycles. The molecule has 1 aliphatic rings. The number of likely N-dealkylation sites (tertiary alicyclic amines) is 1. The molecular formula is C28H33N3O2S. The summed E-state index contributed by atoms with van der Waals surface area (Å²) in [6, 6.07) is 20.5. The molecule has 2 aromatic carbocycles. The standard InChI is InChI=1S/C28H33N3O2S/c1-20-25(19-23-12-8-5-9-13-23)27(33)30(3)28(29-20)34-21(2)26(32)31-16-14-24(15-17-31)18-22-10-6-4-7-11-22/h4-13,21,24H,14-19H2,1-3H3. The van der Waals surface area contributed by atoms with Gasteiger partial charge in [0.25, 0.3) is 5.56 Å². The van der Waals surface area contributed by atoms with Crippen molar-refractivity contribution in [1.82, 2.24) is 14.5 Å². The van der Waals surface area contributed by atoms with E-state index in [4.69, 9.17) is 4.98 Å². The van der Waals surface area contributed by atoms with Gasteiger partial charge in [-0.2, -0.15) is 0 Å². The van der Waals surface area contributed by atoms with Crippen molar-refractivity contribution in [3.05, 3.63) is 93.4 Å². The number of benzene rings is 2. The molecule has 1 aliphatic heterocycles. The van der Waals surface area contributed by atoms with Crippen LogP contribution in [0.1, 0.15) is 42.1 Å². The number of aryl methyl sites for hydroxylation is 1. The Kier molecular flexibility index (Phi) is 7.88. The van der Waals surface area contributed by atoms with Crippen LogP contribution in [0.2, 0.25) is 0 Å². The maximum absolute atomic E-state index is 13.1. The zero-order valence-corrected chi connectivity index (χ0v) is 21.1. The SMILES string of the molecule is Cc1nc(SC(C)C(=O)N2CCC(Cc3ccccc3)CC2)n(C)c(=O)c1Cc1ccccc1. The van der Waals surface area contributed by atoms with Crippen molar-refractivity contribution in [3.63, 3.8) is 0 Å². The largest absolute Gasteiger partial charge is 0.342 e. The topological polar surface area (TPSA) is 55.2 Å². The van der Waals surface area contributed by atoms with Crippen molar-refractivity contribution in [1.29, 1.82) is 0 Å². The third-order valence-corrected chi connectivity index (χ3v) is 7.83. The number of thioether (sulfide) groups is 1. The van der Waals surface area contributed by atoms with Gasteiger partial charge in [0.15, 0.2) is 5.16 Å². The van der Waals surface area contributed by atoms with E-state index in [1.54, 1.807) is 11.6 Å². The van der Waals surface area contributed by atoms with Gasteiger partial charge in [-0.25, -0.2) is 4.98 Å². The first-order chi connectivity index (χ1) is 16.4. The van der Waals surface area contributed by atoms with Gasteiger partial charge in [-0.15, -0.1) is 0 Å². The summed E-state index contributed by atoms with van der Waals surface area (Å²) in [7, 11) is 1.75. The summed E-state index contributed by atoms with van der Waals surface area (Å²) in [6.07, 6.45) is 3.70. The van der Waals surface area contributed by atoms with Gasteiger partial charge >= 0.3 is 0 Å². The molecule has 2 heterocycles.